The van der Waals surface area contributed by atoms with Crippen molar-refractivity contribution in [3.8, 4) is 17.2 Å². The van der Waals surface area contributed by atoms with E-state index in [9.17, 15) is 9.59 Å². The predicted molar refractivity (Wildman–Crippen MR) is 91.5 cm³/mol. The van der Waals surface area contributed by atoms with Crippen LogP contribution in [0, 0.1) is 0 Å². The molecule has 3 rings (SSSR count). The van der Waals surface area contributed by atoms with Gasteiger partial charge < -0.3 is 25.3 Å². The van der Waals surface area contributed by atoms with Crippen LogP contribution in [-0.2, 0) is 4.79 Å². The van der Waals surface area contributed by atoms with E-state index < -0.39 is 11.8 Å². The van der Waals surface area contributed by atoms with Gasteiger partial charge in [0.1, 0.15) is 19.0 Å². The number of hydrogen-bond acceptors (Lipinski definition) is 5. The number of hydrogen-bond donors (Lipinski definition) is 2. The molecule has 0 radical (unpaired) electrons. The summed E-state index contributed by atoms with van der Waals surface area (Å²) in [6.07, 6.45) is 0. The summed E-state index contributed by atoms with van der Waals surface area (Å²) >= 11 is 5.82. The van der Waals surface area contributed by atoms with Crippen LogP contribution in [0.1, 0.15) is 10.4 Å². The van der Waals surface area contributed by atoms with Crippen molar-refractivity contribution in [1.29, 1.82) is 0 Å². The third-order valence-electron chi connectivity index (χ3n) is 3.39. The third-order valence-corrected chi connectivity index (χ3v) is 3.63. The zero-order chi connectivity index (χ0) is 17.8. The van der Waals surface area contributed by atoms with Gasteiger partial charge in [-0.15, -0.1) is 0 Å². The Morgan fingerprint density at radius 1 is 1.12 bits per heavy atom. The van der Waals surface area contributed by atoms with Crippen molar-refractivity contribution >= 4 is 29.1 Å². The first-order valence-corrected chi connectivity index (χ1v) is 7.82. The molecular weight excluding hydrogens is 348 g/mol. The molecule has 0 unspecified atom stereocenters. The van der Waals surface area contributed by atoms with Gasteiger partial charge in [0.15, 0.2) is 18.1 Å². The largest absolute Gasteiger partial charge is 0.486 e. The Labute approximate surface area is 148 Å². The predicted octanol–water partition coefficient (Wildman–Crippen LogP) is 2.23. The number of halogens is 1. The molecule has 3 N–H and O–H groups in total. The van der Waals surface area contributed by atoms with E-state index in [0.717, 1.165) is 0 Å². The Hall–Kier alpha value is -2.93. The Balaban J connectivity index is 1.63. The molecule has 0 atom stereocenters. The average molecular weight is 363 g/mol. The van der Waals surface area contributed by atoms with E-state index in [-0.39, 0.29) is 17.9 Å². The maximum atomic E-state index is 12.1. The van der Waals surface area contributed by atoms with E-state index in [2.05, 4.69) is 5.32 Å². The molecule has 0 saturated carbocycles. The second kappa shape index (κ2) is 7.31. The minimum absolute atomic E-state index is 0.111. The van der Waals surface area contributed by atoms with Crippen LogP contribution in [0.3, 0.4) is 0 Å². The number of benzene rings is 2. The summed E-state index contributed by atoms with van der Waals surface area (Å²) in [5.41, 5.74) is 5.93. The van der Waals surface area contributed by atoms with Crippen molar-refractivity contribution in [3.05, 3.63) is 47.0 Å². The molecule has 2 aromatic rings. The van der Waals surface area contributed by atoms with E-state index in [1.165, 1.54) is 12.1 Å². The number of anilines is 1. The monoisotopic (exact) mass is 362 g/mol. The van der Waals surface area contributed by atoms with Crippen molar-refractivity contribution in [2.24, 2.45) is 5.73 Å². The highest BCUT2D eigenvalue weighted by atomic mass is 35.5. The maximum Gasteiger partial charge on any atom is 0.262 e. The van der Waals surface area contributed by atoms with Crippen LogP contribution in [-0.4, -0.2) is 31.6 Å². The van der Waals surface area contributed by atoms with Gasteiger partial charge in [0.2, 0.25) is 0 Å². The molecule has 0 bridgehead atoms. The van der Waals surface area contributed by atoms with Gasteiger partial charge in [-0.1, -0.05) is 11.6 Å². The molecule has 2 amide bonds. The van der Waals surface area contributed by atoms with Crippen LogP contribution < -0.4 is 25.3 Å². The van der Waals surface area contributed by atoms with Crippen molar-refractivity contribution in [2.75, 3.05) is 25.1 Å². The van der Waals surface area contributed by atoms with Crippen LogP contribution >= 0.6 is 11.6 Å². The quantitative estimate of drug-likeness (QED) is 0.849. The lowest BCUT2D eigenvalue weighted by Crippen LogP contribution is -2.22. The van der Waals surface area contributed by atoms with Gasteiger partial charge in [-0.2, -0.15) is 0 Å². The number of rotatable bonds is 5. The van der Waals surface area contributed by atoms with Crippen LogP contribution in [0.2, 0.25) is 5.02 Å². The number of carbonyl (C=O) groups is 2. The fourth-order valence-corrected chi connectivity index (χ4v) is 2.45. The zero-order valence-corrected chi connectivity index (χ0v) is 13.8. The van der Waals surface area contributed by atoms with E-state index in [1.54, 1.807) is 24.3 Å². The maximum absolute atomic E-state index is 12.1. The molecule has 0 spiro atoms. The number of fused-ring (bicyclic) bond motifs is 1. The van der Waals surface area contributed by atoms with Crippen molar-refractivity contribution < 1.29 is 23.8 Å². The van der Waals surface area contributed by atoms with E-state index in [4.69, 9.17) is 31.5 Å². The Bertz CT molecular complexity index is 825. The summed E-state index contributed by atoms with van der Waals surface area (Å²) in [4.78, 5) is 23.5. The molecule has 8 heteroatoms. The van der Waals surface area contributed by atoms with E-state index >= 15 is 0 Å². The molecule has 2 aromatic carbocycles. The molecule has 25 heavy (non-hydrogen) atoms. The molecular formula is C17H15ClN2O5. The van der Waals surface area contributed by atoms with Crippen molar-refractivity contribution in [3.63, 3.8) is 0 Å². The number of amides is 2. The second-order valence-electron chi connectivity index (χ2n) is 5.20. The first kappa shape index (κ1) is 16.9. The smallest absolute Gasteiger partial charge is 0.262 e. The van der Waals surface area contributed by atoms with Gasteiger partial charge in [0.05, 0.1) is 5.56 Å². The van der Waals surface area contributed by atoms with Gasteiger partial charge in [0.25, 0.3) is 11.8 Å². The van der Waals surface area contributed by atoms with Gasteiger partial charge in [-0.3, -0.25) is 9.59 Å². The van der Waals surface area contributed by atoms with Crippen LogP contribution in [0.5, 0.6) is 17.2 Å². The Morgan fingerprint density at radius 2 is 1.88 bits per heavy atom. The third kappa shape index (κ3) is 4.13. The van der Waals surface area contributed by atoms with Crippen LogP contribution in [0.15, 0.2) is 36.4 Å². The lowest BCUT2D eigenvalue weighted by Gasteiger charge is -2.19. The molecule has 1 aliphatic rings. The minimum Gasteiger partial charge on any atom is -0.486 e. The molecule has 130 valence electrons. The SMILES string of the molecule is NC(=O)c1cc(Cl)ccc1OCC(=O)Nc1ccc2c(c1)OCCO2. The van der Waals surface area contributed by atoms with E-state index in [1.807, 2.05) is 0 Å². The number of ether oxygens (including phenoxy) is 3. The zero-order valence-electron chi connectivity index (χ0n) is 13.1. The molecule has 0 aromatic heterocycles. The van der Waals surface area contributed by atoms with Gasteiger partial charge in [0, 0.05) is 16.8 Å². The Morgan fingerprint density at radius 3 is 2.64 bits per heavy atom. The standard InChI is InChI=1S/C17H15ClN2O5/c18-10-1-3-13(12(7-10)17(19)22)25-9-16(21)20-11-2-4-14-15(8-11)24-6-5-23-14/h1-4,7-8H,5-6,9H2,(H2,19,22)(H,20,21). The molecule has 0 saturated heterocycles. The first-order valence-electron chi connectivity index (χ1n) is 7.44. The number of carbonyl (C=O) groups excluding carboxylic acids is 2. The van der Waals surface area contributed by atoms with E-state index in [0.29, 0.717) is 35.4 Å². The molecule has 1 aliphatic heterocycles. The number of nitrogens with one attached hydrogen (secondary N) is 1. The van der Waals surface area contributed by atoms with Crippen molar-refractivity contribution in [2.45, 2.75) is 0 Å². The summed E-state index contributed by atoms with van der Waals surface area (Å²) < 4.78 is 16.2. The topological polar surface area (TPSA) is 99.9 Å². The summed E-state index contributed by atoms with van der Waals surface area (Å²) in [6.45, 7) is 0.659. The van der Waals surface area contributed by atoms with Crippen LogP contribution in [0.4, 0.5) is 5.69 Å². The fourth-order valence-electron chi connectivity index (χ4n) is 2.28. The normalized spacial score (nSPS) is 12.4. The lowest BCUT2D eigenvalue weighted by atomic mass is 10.2. The van der Waals surface area contributed by atoms with Gasteiger partial charge in [-0.05, 0) is 30.3 Å². The van der Waals surface area contributed by atoms with Crippen LogP contribution in [0.25, 0.3) is 0 Å². The van der Waals surface area contributed by atoms with Gasteiger partial charge in [-0.25, -0.2) is 0 Å². The summed E-state index contributed by atoms with van der Waals surface area (Å²) in [6, 6.07) is 9.50. The molecule has 7 nitrogen and oxygen atoms in total. The number of primary amides is 1. The average Bonchev–Trinajstić information content (AvgIpc) is 2.60. The summed E-state index contributed by atoms with van der Waals surface area (Å²) in [5.74, 6) is 0.299. The lowest BCUT2D eigenvalue weighted by molar-refractivity contribution is -0.118. The van der Waals surface area contributed by atoms with Gasteiger partial charge >= 0.3 is 0 Å². The highest BCUT2D eigenvalue weighted by molar-refractivity contribution is 6.31. The number of nitrogens with two attached hydrogens (primary N) is 1. The van der Waals surface area contributed by atoms with Crippen molar-refractivity contribution in [1.82, 2.24) is 0 Å². The minimum atomic E-state index is -0.690. The Kier molecular flexibility index (Phi) is 4.95. The fraction of sp³-hybridized carbons (Fsp3) is 0.176. The molecule has 1 heterocycles. The summed E-state index contributed by atoms with van der Waals surface area (Å²) in [5, 5.41) is 3.03. The molecule has 0 aliphatic carbocycles. The highest BCUT2D eigenvalue weighted by Crippen LogP contribution is 2.32. The second-order valence-corrected chi connectivity index (χ2v) is 5.64. The molecule has 0 fully saturated rings. The first-order chi connectivity index (χ1) is 12.0. The highest BCUT2D eigenvalue weighted by Gasteiger charge is 2.14. The summed E-state index contributed by atoms with van der Waals surface area (Å²) in [7, 11) is 0.